The van der Waals surface area contributed by atoms with E-state index >= 15 is 0 Å². The zero-order valence-corrected chi connectivity index (χ0v) is 6.45. The quantitative estimate of drug-likeness (QED) is 0.414. The van der Waals surface area contributed by atoms with Crippen LogP contribution in [0.25, 0.3) is 0 Å². The summed E-state index contributed by atoms with van der Waals surface area (Å²) in [6.45, 7) is 1.81. The van der Waals surface area contributed by atoms with Gasteiger partial charge < -0.3 is 20.3 Å². The molecule has 1 aliphatic rings. The van der Waals surface area contributed by atoms with E-state index in [0.29, 0.717) is 0 Å². The monoisotopic (exact) mass is 159 g/mol. The molecule has 11 heavy (non-hydrogen) atoms. The summed E-state index contributed by atoms with van der Waals surface area (Å²) in [5.74, 6) is 0. The van der Waals surface area contributed by atoms with Gasteiger partial charge in [-0.3, -0.25) is 0 Å². The van der Waals surface area contributed by atoms with Crippen molar-refractivity contribution in [2.75, 3.05) is 6.54 Å². The number of rotatable bonds is 1. The summed E-state index contributed by atoms with van der Waals surface area (Å²) < 4.78 is 0. The number of carbonyl (C=O) groups excluding carboxylic acids is 1. The van der Waals surface area contributed by atoms with Crippen LogP contribution >= 0.6 is 0 Å². The van der Waals surface area contributed by atoms with E-state index in [9.17, 15) is 15.0 Å². The summed E-state index contributed by atoms with van der Waals surface area (Å²) in [5, 5.41) is 21.5. The molecule has 1 fully saturated rings. The first kappa shape index (κ1) is 8.64. The second kappa shape index (κ2) is 2.89. The number of aliphatic hydroxyl groups excluding tert-OH is 1. The number of nitrogens with one attached hydrogen (secondary N) is 1. The smallest absolute Gasteiger partial charge is 0.137 e. The molecule has 0 aromatic heterocycles. The summed E-state index contributed by atoms with van der Waals surface area (Å²) in [6, 6.07) is -0.326. The highest BCUT2D eigenvalue weighted by Gasteiger charge is 2.37. The molecule has 0 aromatic carbocycles. The van der Waals surface area contributed by atoms with Crippen LogP contribution in [0.2, 0.25) is 0 Å². The molecule has 1 heterocycles. The molecular weight excluding hydrogens is 146 g/mol. The predicted molar refractivity (Wildman–Crippen MR) is 39.1 cm³/mol. The maximum Gasteiger partial charge on any atom is 0.137 e. The minimum absolute atomic E-state index is 0.274. The van der Waals surface area contributed by atoms with E-state index in [4.69, 9.17) is 0 Å². The lowest BCUT2D eigenvalue weighted by Gasteiger charge is -2.36. The van der Waals surface area contributed by atoms with Crippen LogP contribution < -0.4 is 5.32 Å². The number of hydrogen-bond acceptors (Lipinski definition) is 4. The van der Waals surface area contributed by atoms with Crippen molar-refractivity contribution < 1.29 is 15.0 Å². The van der Waals surface area contributed by atoms with Crippen molar-refractivity contribution in [3.8, 4) is 0 Å². The summed E-state index contributed by atoms with van der Waals surface area (Å²) >= 11 is 0. The van der Waals surface area contributed by atoms with E-state index in [-0.39, 0.29) is 19.0 Å². The van der Waals surface area contributed by atoms with Crippen molar-refractivity contribution in [2.24, 2.45) is 0 Å². The first-order valence-corrected chi connectivity index (χ1v) is 3.65. The molecule has 3 unspecified atom stereocenters. The van der Waals surface area contributed by atoms with Crippen LogP contribution in [0.4, 0.5) is 0 Å². The van der Waals surface area contributed by atoms with E-state index in [0.717, 1.165) is 6.29 Å². The van der Waals surface area contributed by atoms with Gasteiger partial charge in [0.25, 0.3) is 0 Å². The van der Waals surface area contributed by atoms with E-state index in [2.05, 4.69) is 5.32 Å². The van der Waals surface area contributed by atoms with Crippen LogP contribution in [0.15, 0.2) is 0 Å². The molecule has 1 rings (SSSR count). The normalized spacial score (nSPS) is 45.4. The molecule has 0 radical (unpaired) electrons. The second-order valence-corrected chi connectivity index (χ2v) is 3.23. The molecule has 1 aliphatic heterocycles. The molecule has 4 heteroatoms. The molecule has 3 atom stereocenters. The Morgan fingerprint density at radius 1 is 1.73 bits per heavy atom. The average molecular weight is 159 g/mol. The van der Waals surface area contributed by atoms with Gasteiger partial charge in [0.15, 0.2) is 0 Å². The Morgan fingerprint density at radius 2 is 2.36 bits per heavy atom. The lowest BCUT2D eigenvalue weighted by atomic mass is 9.88. The molecule has 64 valence electrons. The van der Waals surface area contributed by atoms with Crippen molar-refractivity contribution >= 4 is 6.29 Å². The van der Waals surface area contributed by atoms with Crippen molar-refractivity contribution in [1.82, 2.24) is 5.32 Å². The topological polar surface area (TPSA) is 69.6 Å². The van der Waals surface area contributed by atoms with Gasteiger partial charge in [-0.25, -0.2) is 0 Å². The molecule has 1 saturated heterocycles. The van der Waals surface area contributed by atoms with Crippen LogP contribution in [-0.2, 0) is 4.79 Å². The Bertz CT molecular complexity index is 158. The summed E-state index contributed by atoms with van der Waals surface area (Å²) in [7, 11) is 0. The summed E-state index contributed by atoms with van der Waals surface area (Å²) in [5.41, 5.74) is -1.13. The minimum atomic E-state index is -1.13. The minimum Gasteiger partial charge on any atom is -0.389 e. The van der Waals surface area contributed by atoms with Crippen molar-refractivity contribution in [3.05, 3.63) is 0 Å². The maximum absolute atomic E-state index is 10.3. The van der Waals surface area contributed by atoms with Gasteiger partial charge in [-0.05, 0) is 6.92 Å². The Balaban J connectivity index is 2.58. The van der Waals surface area contributed by atoms with E-state index in [1.54, 1.807) is 0 Å². The third kappa shape index (κ3) is 1.77. The Morgan fingerprint density at radius 3 is 2.82 bits per heavy atom. The molecule has 3 N–H and O–H groups in total. The number of piperidine rings is 1. The molecule has 0 saturated carbocycles. The largest absolute Gasteiger partial charge is 0.389 e. The highest BCUT2D eigenvalue weighted by Crippen LogP contribution is 2.19. The fourth-order valence-corrected chi connectivity index (χ4v) is 1.23. The van der Waals surface area contributed by atoms with Crippen LogP contribution in [-0.4, -0.2) is 40.8 Å². The van der Waals surface area contributed by atoms with Gasteiger partial charge in [0.05, 0.1) is 17.7 Å². The lowest BCUT2D eigenvalue weighted by Crippen LogP contribution is -2.56. The van der Waals surface area contributed by atoms with Gasteiger partial charge in [-0.2, -0.15) is 0 Å². The number of hydrogen-bond donors (Lipinski definition) is 3. The van der Waals surface area contributed by atoms with Crippen LogP contribution in [0.3, 0.4) is 0 Å². The first-order chi connectivity index (χ1) is 5.06. The average Bonchev–Trinajstić information content (AvgIpc) is 1.95. The Labute approximate surface area is 65.2 Å². The molecular formula is C7H13NO3. The molecule has 0 spiro atoms. The Hall–Kier alpha value is -0.450. The van der Waals surface area contributed by atoms with Crippen LogP contribution in [0, 0.1) is 0 Å². The van der Waals surface area contributed by atoms with Gasteiger partial charge in [0.1, 0.15) is 6.29 Å². The highest BCUT2D eigenvalue weighted by atomic mass is 16.3. The molecule has 4 nitrogen and oxygen atoms in total. The maximum atomic E-state index is 10.3. The Kier molecular flexibility index (Phi) is 2.27. The number of β-amino-alcohol motifs (C(OH)–C–C–N with tert-alkyl or cyclic N) is 1. The third-order valence-corrected chi connectivity index (χ3v) is 2.09. The first-order valence-electron chi connectivity index (χ1n) is 3.65. The fraction of sp³-hybridized carbons (Fsp3) is 0.857. The zero-order chi connectivity index (χ0) is 8.48. The van der Waals surface area contributed by atoms with Crippen LogP contribution in [0.1, 0.15) is 13.3 Å². The zero-order valence-electron chi connectivity index (χ0n) is 6.45. The second-order valence-electron chi connectivity index (χ2n) is 3.23. The van der Waals surface area contributed by atoms with Crippen molar-refractivity contribution in [2.45, 2.75) is 31.1 Å². The number of aliphatic hydroxyl groups is 2. The van der Waals surface area contributed by atoms with Gasteiger partial charge in [0.2, 0.25) is 0 Å². The third-order valence-electron chi connectivity index (χ3n) is 2.09. The van der Waals surface area contributed by atoms with Crippen molar-refractivity contribution in [1.29, 1.82) is 0 Å². The molecule has 0 bridgehead atoms. The van der Waals surface area contributed by atoms with Gasteiger partial charge >= 0.3 is 0 Å². The molecule has 0 aliphatic carbocycles. The van der Waals surface area contributed by atoms with Crippen molar-refractivity contribution in [3.63, 3.8) is 0 Å². The molecule has 0 aromatic rings. The van der Waals surface area contributed by atoms with Crippen LogP contribution in [0.5, 0.6) is 0 Å². The van der Waals surface area contributed by atoms with Gasteiger partial charge in [-0.15, -0.1) is 0 Å². The van der Waals surface area contributed by atoms with E-state index < -0.39 is 11.7 Å². The number of aldehydes is 1. The van der Waals surface area contributed by atoms with E-state index in [1.807, 2.05) is 0 Å². The SMILES string of the molecule is CC1(O)CC(C=O)NCC1O. The van der Waals surface area contributed by atoms with E-state index in [1.165, 1.54) is 6.92 Å². The van der Waals surface area contributed by atoms with Gasteiger partial charge in [-0.1, -0.05) is 0 Å². The number of carbonyl (C=O) groups is 1. The highest BCUT2D eigenvalue weighted by molar-refractivity contribution is 5.58. The summed E-state index contributed by atoms with van der Waals surface area (Å²) in [6.07, 6.45) is 0.247. The summed E-state index contributed by atoms with van der Waals surface area (Å²) in [4.78, 5) is 10.3. The lowest BCUT2D eigenvalue weighted by molar-refractivity contribution is -0.119. The molecule has 0 amide bonds. The van der Waals surface area contributed by atoms with Gasteiger partial charge in [0, 0.05) is 13.0 Å². The standard InChI is InChI=1S/C7H13NO3/c1-7(11)2-5(4-9)8-3-6(7)10/h4-6,8,10-11H,2-3H2,1H3. The predicted octanol–water partition coefficient (Wildman–Crippen LogP) is -1.34. The fourth-order valence-electron chi connectivity index (χ4n) is 1.23.